The van der Waals surface area contributed by atoms with Crippen molar-refractivity contribution in [1.82, 2.24) is 5.32 Å². The quantitative estimate of drug-likeness (QED) is 0.580. The number of amides is 1. The number of carbonyl (C=O) groups is 3. The van der Waals surface area contributed by atoms with Gasteiger partial charge in [-0.3, -0.25) is 9.59 Å². The van der Waals surface area contributed by atoms with Crippen LogP contribution in [0.3, 0.4) is 0 Å². The summed E-state index contributed by atoms with van der Waals surface area (Å²) in [5.41, 5.74) is 0. The highest BCUT2D eigenvalue weighted by Gasteiger charge is 2.24. The molecule has 6 heteroatoms. The van der Waals surface area contributed by atoms with Gasteiger partial charge in [-0.05, 0) is 24.7 Å². The molecule has 0 bridgehead atoms. The van der Waals surface area contributed by atoms with Crippen LogP contribution in [0, 0.1) is 11.8 Å². The summed E-state index contributed by atoms with van der Waals surface area (Å²) in [6, 6.07) is -0.739. The van der Waals surface area contributed by atoms with Gasteiger partial charge >= 0.3 is 5.97 Å². The first-order valence-electron chi connectivity index (χ1n) is 10.1. The fourth-order valence-electron chi connectivity index (χ4n) is 4.08. The first-order valence-corrected chi connectivity index (χ1v) is 11.1. The van der Waals surface area contributed by atoms with E-state index >= 15 is 0 Å². The lowest BCUT2D eigenvalue weighted by Crippen LogP contribution is -2.43. The fourth-order valence-corrected chi connectivity index (χ4v) is 4.92. The normalized spacial score (nSPS) is 19.4. The molecular weight excluding hydrogens is 350 g/mol. The molecular formula is C20H33NO4S. The average molecular weight is 384 g/mol. The van der Waals surface area contributed by atoms with Crippen molar-refractivity contribution in [1.29, 1.82) is 0 Å². The summed E-state index contributed by atoms with van der Waals surface area (Å²) in [6.45, 7) is 0. The first kappa shape index (κ1) is 21.3. The second-order valence-electron chi connectivity index (χ2n) is 7.70. The predicted octanol–water partition coefficient (Wildman–Crippen LogP) is 3.84. The van der Waals surface area contributed by atoms with Gasteiger partial charge in [0.25, 0.3) is 0 Å². The molecule has 1 atom stereocenters. The predicted molar refractivity (Wildman–Crippen MR) is 104 cm³/mol. The Bertz CT molecular complexity index is 470. The maximum absolute atomic E-state index is 12.2. The Labute approximate surface area is 161 Å². The summed E-state index contributed by atoms with van der Waals surface area (Å²) >= 11 is 1.14. The first-order chi connectivity index (χ1) is 12.6. The summed E-state index contributed by atoms with van der Waals surface area (Å²) in [5, 5.41) is 2.86. The van der Waals surface area contributed by atoms with Gasteiger partial charge in [-0.2, -0.15) is 0 Å². The van der Waals surface area contributed by atoms with Crippen LogP contribution in [0.5, 0.6) is 0 Å². The van der Waals surface area contributed by atoms with Crippen LogP contribution in [0.2, 0.25) is 0 Å². The highest BCUT2D eigenvalue weighted by molar-refractivity contribution is 8.13. The molecule has 148 valence electrons. The van der Waals surface area contributed by atoms with Gasteiger partial charge in [0, 0.05) is 18.6 Å². The van der Waals surface area contributed by atoms with Crippen molar-refractivity contribution in [3.05, 3.63) is 0 Å². The molecule has 0 aromatic heterocycles. The van der Waals surface area contributed by atoms with Crippen molar-refractivity contribution >= 4 is 28.8 Å². The average Bonchev–Trinajstić information content (AvgIpc) is 3.34. The Morgan fingerprint density at radius 1 is 0.962 bits per heavy atom. The van der Waals surface area contributed by atoms with Crippen molar-refractivity contribution in [2.45, 2.75) is 83.1 Å². The summed E-state index contributed by atoms with van der Waals surface area (Å²) in [7, 11) is 1.31. The van der Waals surface area contributed by atoms with E-state index in [2.05, 4.69) is 5.32 Å². The molecule has 0 spiro atoms. The topological polar surface area (TPSA) is 72.5 Å². The number of hydrogen-bond donors (Lipinski definition) is 1. The number of nitrogens with one attached hydrogen (secondary N) is 1. The second-order valence-corrected chi connectivity index (χ2v) is 8.78. The van der Waals surface area contributed by atoms with E-state index in [1.54, 1.807) is 0 Å². The van der Waals surface area contributed by atoms with Crippen molar-refractivity contribution in [2.24, 2.45) is 11.8 Å². The molecule has 1 unspecified atom stereocenters. The molecule has 0 aliphatic heterocycles. The minimum Gasteiger partial charge on any atom is -0.467 e. The standard InChI is InChI=1S/C20H33NO4S/c1-25-20(24)17(21-18(22)12-10-15-6-2-3-7-15)14-26-19(23)13-11-16-8-4-5-9-16/h15-17H,2-14H2,1H3,(H,21,22). The molecule has 26 heavy (non-hydrogen) atoms. The lowest BCUT2D eigenvalue weighted by atomic mass is 10.0. The zero-order valence-corrected chi connectivity index (χ0v) is 16.8. The van der Waals surface area contributed by atoms with Gasteiger partial charge in [-0.1, -0.05) is 63.1 Å². The Kier molecular flexibility index (Phi) is 9.51. The van der Waals surface area contributed by atoms with Crippen LogP contribution >= 0.6 is 11.8 Å². The highest BCUT2D eigenvalue weighted by atomic mass is 32.2. The second kappa shape index (κ2) is 11.6. The number of carbonyl (C=O) groups excluding carboxylic acids is 3. The van der Waals surface area contributed by atoms with Crippen molar-refractivity contribution < 1.29 is 19.1 Å². The maximum atomic E-state index is 12.2. The zero-order valence-electron chi connectivity index (χ0n) is 16.0. The molecule has 2 aliphatic carbocycles. The third kappa shape index (κ3) is 7.68. The van der Waals surface area contributed by atoms with Gasteiger partial charge in [0.2, 0.25) is 5.91 Å². The maximum Gasteiger partial charge on any atom is 0.329 e. The van der Waals surface area contributed by atoms with Crippen LogP contribution in [0.4, 0.5) is 0 Å². The fraction of sp³-hybridized carbons (Fsp3) is 0.850. The van der Waals surface area contributed by atoms with E-state index < -0.39 is 12.0 Å². The van der Waals surface area contributed by atoms with E-state index in [-0.39, 0.29) is 16.8 Å². The number of hydrogen-bond acceptors (Lipinski definition) is 5. The molecule has 1 N–H and O–H groups in total. The van der Waals surface area contributed by atoms with Crippen molar-refractivity contribution in [3.63, 3.8) is 0 Å². The molecule has 2 aliphatic rings. The minimum atomic E-state index is -0.739. The Morgan fingerprint density at radius 3 is 2.04 bits per heavy atom. The summed E-state index contributed by atoms with van der Waals surface area (Å²) in [4.78, 5) is 36.2. The van der Waals surface area contributed by atoms with Crippen LogP contribution in [-0.2, 0) is 19.1 Å². The van der Waals surface area contributed by atoms with Gasteiger partial charge in [-0.25, -0.2) is 4.79 Å². The van der Waals surface area contributed by atoms with Gasteiger partial charge in [-0.15, -0.1) is 0 Å². The number of thioether (sulfide) groups is 1. The van der Waals surface area contributed by atoms with Crippen LogP contribution in [-0.4, -0.2) is 35.9 Å². The van der Waals surface area contributed by atoms with E-state index in [9.17, 15) is 14.4 Å². The number of rotatable bonds is 10. The summed E-state index contributed by atoms with van der Waals surface area (Å²) < 4.78 is 4.79. The van der Waals surface area contributed by atoms with E-state index in [1.165, 1.54) is 58.5 Å². The Morgan fingerprint density at radius 2 is 1.50 bits per heavy atom. The molecule has 1 amide bonds. The molecule has 2 fully saturated rings. The third-order valence-electron chi connectivity index (χ3n) is 5.72. The van der Waals surface area contributed by atoms with Gasteiger partial charge in [0.05, 0.1) is 7.11 Å². The molecule has 0 aromatic rings. The lowest BCUT2D eigenvalue weighted by Gasteiger charge is -2.17. The minimum absolute atomic E-state index is 0.103. The molecule has 0 heterocycles. The van der Waals surface area contributed by atoms with Crippen LogP contribution in [0.15, 0.2) is 0 Å². The summed E-state index contributed by atoms with van der Waals surface area (Å²) in [6.07, 6.45) is 12.8. The third-order valence-corrected chi connectivity index (χ3v) is 6.74. The van der Waals surface area contributed by atoms with E-state index in [4.69, 9.17) is 4.74 Å². The molecule has 5 nitrogen and oxygen atoms in total. The van der Waals surface area contributed by atoms with Crippen molar-refractivity contribution in [3.8, 4) is 0 Å². The van der Waals surface area contributed by atoms with Gasteiger partial charge < -0.3 is 10.1 Å². The number of methoxy groups -OCH3 is 1. The number of esters is 1. The molecule has 0 saturated heterocycles. The van der Waals surface area contributed by atoms with E-state index in [0.717, 1.165) is 24.6 Å². The Hall–Kier alpha value is -1.04. The molecule has 2 rings (SSSR count). The Balaban J connectivity index is 1.68. The van der Waals surface area contributed by atoms with E-state index in [1.807, 2.05) is 0 Å². The van der Waals surface area contributed by atoms with Crippen molar-refractivity contribution in [2.75, 3.05) is 12.9 Å². The molecule has 0 radical (unpaired) electrons. The SMILES string of the molecule is COC(=O)C(CSC(=O)CCC1CCCC1)NC(=O)CCC1CCCC1. The van der Waals surface area contributed by atoms with Crippen LogP contribution in [0.25, 0.3) is 0 Å². The van der Waals surface area contributed by atoms with Crippen LogP contribution in [0.1, 0.15) is 77.0 Å². The van der Waals surface area contributed by atoms with E-state index in [0.29, 0.717) is 24.7 Å². The number of ether oxygens (including phenoxy) is 1. The van der Waals surface area contributed by atoms with Gasteiger partial charge in [0.15, 0.2) is 5.12 Å². The largest absolute Gasteiger partial charge is 0.467 e. The summed E-state index contributed by atoms with van der Waals surface area (Å²) in [5.74, 6) is 0.988. The monoisotopic (exact) mass is 383 g/mol. The van der Waals surface area contributed by atoms with Crippen LogP contribution < -0.4 is 5.32 Å². The lowest BCUT2D eigenvalue weighted by molar-refractivity contribution is -0.144. The zero-order chi connectivity index (χ0) is 18.8. The smallest absolute Gasteiger partial charge is 0.329 e. The van der Waals surface area contributed by atoms with Gasteiger partial charge in [0.1, 0.15) is 6.04 Å². The molecule has 0 aromatic carbocycles. The molecule has 2 saturated carbocycles. The highest BCUT2D eigenvalue weighted by Crippen LogP contribution is 2.30.